The molecule has 1 aromatic carbocycles. The minimum atomic E-state index is -1.63. The Bertz CT molecular complexity index is 1140. The molecule has 0 saturated carbocycles. The first kappa shape index (κ1) is 30.5. The highest BCUT2D eigenvalue weighted by Gasteiger charge is 2.41. The zero-order chi connectivity index (χ0) is 29.4. The van der Waals surface area contributed by atoms with Gasteiger partial charge in [0.1, 0.15) is 12.4 Å². The lowest BCUT2D eigenvalue weighted by atomic mass is 10.1. The zero-order valence-electron chi connectivity index (χ0n) is 21.9. The van der Waals surface area contributed by atoms with Crippen LogP contribution in [0, 0.1) is 5.92 Å². The number of hydrogen-bond donors (Lipinski definition) is 4. The standard InChI is InChI=1S/C25H31N3O12/c1-13-9-20(32)28(22(13)33)8-6-18(30)26-7-5-19(31)27-16-10-15(11-37-12-29)3-4-17(16)39-25-24(36)38-14(2)21(40-25)23(34)35/h3-4,10,12-14,21,24-25,36H,5-9,11H2,1-2H3,(H,26,30)(H,27,31)(H,34,35). The minimum Gasteiger partial charge on any atom is -0.479 e. The monoisotopic (exact) mass is 565 g/mol. The average Bonchev–Trinajstić information content (AvgIpc) is 3.14. The number of anilines is 1. The summed E-state index contributed by atoms with van der Waals surface area (Å²) in [5, 5.41) is 24.6. The number of benzene rings is 1. The Kier molecular flexibility index (Phi) is 10.5. The van der Waals surface area contributed by atoms with Crippen molar-refractivity contribution in [3.63, 3.8) is 0 Å². The Balaban J connectivity index is 1.58. The molecule has 218 valence electrons. The summed E-state index contributed by atoms with van der Waals surface area (Å²) >= 11 is 0. The third kappa shape index (κ3) is 7.97. The predicted molar refractivity (Wildman–Crippen MR) is 132 cm³/mol. The normalized spacial score (nSPS) is 24.4. The fourth-order valence-electron chi connectivity index (χ4n) is 4.06. The van der Waals surface area contributed by atoms with Crippen LogP contribution in [0.5, 0.6) is 5.75 Å². The molecule has 2 aliphatic heterocycles. The molecule has 4 N–H and O–H groups in total. The van der Waals surface area contributed by atoms with Gasteiger partial charge in [-0.2, -0.15) is 0 Å². The van der Waals surface area contributed by atoms with Crippen LogP contribution in [0.25, 0.3) is 0 Å². The van der Waals surface area contributed by atoms with Crippen LogP contribution in [-0.4, -0.2) is 89.1 Å². The average molecular weight is 566 g/mol. The van der Waals surface area contributed by atoms with Gasteiger partial charge in [0.25, 0.3) is 12.8 Å². The van der Waals surface area contributed by atoms with E-state index in [-0.39, 0.29) is 68.7 Å². The van der Waals surface area contributed by atoms with Crippen LogP contribution in [0.3, 0.4) is 0 Å². The fraction of sp³-hybridized carbons (Fsp3) is 0.520. The number of imide groups is 1. The van der Waals surface area contributed by atoms with E-state index in [1.54, 1.807) is 6.92 Å². The zero-order valence-corrected chi connectivity index (χ0v) is 21.9. The Morgan fingerprint density at radius 1 is 1.15 bits per heavy atom. The number of rotatable bonds is 13. The van der Waals surface area contributed by atoms with Crippen molar-refractivity contribution in [3.8, 4) is 5.75 Å². The van der Waals surface area contributed by atoms with Gasteiger partial charge in [-0.15, -0.1) is 0 Å². The van der Waals surface area contributed by atoms with E-state index in [2.05, 4.69) is 10.6 Å². The number of amides is 4. The molecular weight excluding hydrogens is 534 g/mol. The van der Waals surface area contributed by atoms with Crippen LogP contribution in [-0.2, 0) is 49.6 Å². The molecule has 2 saturated heterocycles. The van der Waals surface area contributed by atoms with Gasteiger partial charge in [-0.3, -0.25) is 28.9 Å². The van der Waals surface area contributed by atoms with Crippen molar-refractivity contribution in [3.05, 3.63) is 23.8 Å². The van der Waals surface area contributed by atoms with Crippen molar-refractivity contribution in [1.82, 2.24) is 10.2 Å². The largest absolute Gasteiger partial charge is 0.479 e. The lowest BCUT2D eigenvalue weighted by molar-refractivity contribution is -0.322. The number of carbonyl (C=O) groups excluding carboxylic acids is 5. The van der Waals surface area contributed by atoms with E-state index in [1.165, 1.54) is 25.1 Å². The van der Waals surface area contributed by atoms with Gasteiger partial charge in [0.15, 0.2) is 6.10 Å². The van der Waals surface area contributed by atoms with E-state index in [9.17, 15) is 39.0 Å². The summed E-state index contributed by atoms with van der Waals surface area (Å²) in [6.45, 7) is 3.09. The summed E-state index contributed by atoms with van der Waals surface area (Å²) in [6, 6.07) is 4.35. The molecule has 5 unspecified atom stereocenters. The quantitative estimate of drug-likeness (QED) is 0.176. The second kappa shape index (κ2) is 13.8. The van der Waals surface area contributed by atoms with E-state index >= 15 is 0 Å². The number of carboxylic acid groups (broad SMARTS) is 1. The molecule has 0 aliphatic carbocycles. The lowest BCUT2D eigenvalue weighted by Crippen LogP contribution is -2.53. The molecule has 4 amide bonds. The van der Waals surface area contributed by atoms with Gasteiger partial charge < -0.3 is 39.8 Å². The summed E-state index contributed by atoms with van der Waals surface area (Å²) < 4.78 is 20.9. The molecule has 0 spiro atoms. The fourth-order valence-corrected chi connectivity index (χ4v) is 4.06. The summed E-state index contributed by atoms with van der Waals surface area (Å²) in [5.74, 6) is -3.37. The molecule has 0 radical (unpaired) electrons. The molecule has 5 atom stereocenters. The Labute approximate surface area is 228 Å². The predicted octanol–water partition coefficient (Wildman–Crippen LogP) is -0.499. The highest BCUT2D eigenvalue weighted by molar-refractivity contribution is 6.03. The summed E-state index contributed by atoms with van der Waals surface area (Å²) in [7, 11) is 0. The first-order valence-corrected chi connectivity index (χ1v) is 12.5. The van der Waals surface area contributed by atoms with Crippen molar-refractivity contribution in [2.45, 2.75) is 64.5 Å². The van der Waals surface area contributed by atoms with Gasteiger partial charge in [-0.25, -0.2) is 4.79 Å². The molecule has 1 aromatic rings. The second-order valence-electron chi connectivity index (χ2n) is 9.24. The van der Waals surface area contributed by atoms with Gasteiger partial charge in [-0.1, -0.05) is 13.0 Å². The van der Waals surface area contributed by atoms with Gasteiger partial charge >= 0.3 is 5.97 Å². The second-order valence-corrected chi connectivity index (χ2v) is 9.24. The number of carboxylic acids is 1. The van der Waals surface area contributed by atoms with Crippen molar-refractivity contribution in [2.24, 2.45) is 5.92 Å². The SMILES string of the molecule is CC1CC(=O)N(CCC(=O)NCCC(=O)Nc2cc(COC=O)ccc2OC2OC(C(=O)O)C(C)OC2O)C1=O. The Hall–Kier alpha value is -4.08. The van der Waals surface area contributed by atoms with E-state index in [4.69, 9.17) is 18.9 Å². The van der Waals surface area contributed by atoms with Crippen LogP contribution in [0.1, 0.15) is 38.7 Å². The number of likely N-dealkylation sites (tertiary alicyclic amines) is 1. The highest BCUT2D eigenvalue weighted by atomic mass is 16.8. The number of hydrogen-bond acceptors (Lipinski definition) is 11. The van der Waals surface area contributed by atoms with Crippen LogP contribution in [0.4, 0.5) is 5.69 Å². The molecule has 15 heteroatoms. The maximum Gasteiger partial charge on any atom is 0.335 e. The topological polar surface area (TPSA) is 207 Å². The number of aliphatic hydroxyl groups excluding tert-OH is 1. The van der Waals surface area contributed by atoms with Gasteiger partial charge in [0.05, 0.1) is 11.8 Å². The third-order valence-corrected chi connectivity index (χ3v) is 6.12. The van der Waals surface area contributed by atoms with Crippen LogP contribution < -0.4 is 15.4 Å². The van der Waals surface area contributed by atoms with Crippen LogP contribution in [0.15, 0.2) is 18.2 Å². The number of ether oxygens (including phenoxy) is 4. The smallest absolute Gasteiger partial charge is 0.335 e. The first-order valence-electron chi connectivity index (χ1n) is 12.5. The molecule has 2 heterocycles. The highest BCUT2D eigenvalue weighted by Crippen LogP contribution is 2.30. The number of aliphatic hydroxyl groups is 1. The van der Waals surface area contributed by atoms with E-state index in [1.807, 2.05) is 0 Å². The number of aliphatic carboxylic acids is 1. The summed E-state index contributed by atoms with van der Waals surface area (Å²) in [4.78, 5) is 71.6. The Morgan fingerprint density at radius 3 is 2.55 bits per heavy atom. The minimum absolute atomic E-state index is 0.00671. The van der Waals surface area contributed by atoms with Gasteiger partial charge in [0, 0.05) is 38.3 Å². The van der Waals surface area contributed by atoms with Crippen LogP contribution in [0.2, 0.25) is 0 Å². The number of carbonyl (C=O) groups is 6. The first-order chi connectivity index (χ1) is 19.0. The van der Waals surface area contributed by atoms with Gasteiger partial charge in [0.2, 0.25) is 29.9 Å². The summed E-state index contributed by atoms with van der Waals surface area (Å²) in [6.07, 6.45) is -5.69. The summed E-state index contributed by atoms with van der Waals surface area (Å²) in [5.41, 5.74) is 0.562. The van der Waals surface area contributed by atoms with Gasteiger partial charge in [-0.05, 0) is 24.6 Å². The van der Waals surface area contributed by atoms with Crippen molar-refractivity contribution < 1.29 is 57.9 Å². The molecular formula is C25H31N3O12. The molecule has 15 nitrogen and oxygen atoms in total. The maximum atomic E-state index is 12.6. The van der Waals surface area contributed by atoms with E-state index in [0.29, 0.717) is 5.56 Å². The molecule has 40 heavy (non-hydrogen) atoms. The van der Waals surface area contributed by atoms with Crippen molar-refractivity contribution in [2.75, 3.05) is 18.4 Å². The number of nitrogens with one attached hydrogen (secondary N) is 2. The molecule has 3 rings (SSSR count). The van der Waals surface area contributed by atoms with Crippen molar-refractivity contribution >= 4 is 41.8 Å². The molecule has 0 aromatic heterocycles. The van der Waals surface area contributed by atoms with Crippen LogP contribution >= 0.6 is 0 Å². The Morgan fingerprint density at radius 2 is 1.90 bits per heavy atom. The molecule has 0 bridgehead atoms. The maximum absolute atomic E-state index is 12.6. The lowest BCUT2D eigenvalue weighted by Gasteiger charge is -2.36. The van der Waals surface area contributed by atoms with Crippen molar-refractivity contribution in [1.29, 1.82) is 0 Å². The van der Waals surface area contributed by atoms with E-state index in [0.717, 1.165) is 4.90 Å². The number of nitrogens with zero attached hydrogens (tertiary/aromatic N) is 1. The van der Waals surface area contributed by atoms with E-state index < -0.39 is 48.5 Å². The molecule has 2 fully saturated rings. The third-order valence-electron chi connectivity index (χ3n) is 6.12. The molecule has 2 aliphatic rings.